The van der Waals surface area contributed by atoms with Gasteiger partial charge in [0.1, 0.15) is 11.5 Å². The summed E-state index contributed by atoms with van der Waals surface area (Å²) < 4.78 is 5.86. The first-order chi connectivity index (χ1) is 11.6. The van der Waals surface area contributed by atoms with Crippen molar-refractivity contribution in [2.24, 2.45) is 0 Å². The maximum absolute atomic E-state index is 12.5. The summed E-state index contributed by atoms with van der Waals surface area (Å²) in [6.07, 6.45) is 6.49. The second kappa shape index (κ2) is 5.86. The highest BCUT2D eigenvalue weighted by Crippen LogP contribution is 2.41. The van der Waals surface area contributed by atoms with E-state index in [1.807, 2.05) is 6.07 Å². The Balaban J connectivity index is 1.71. The number of hydrogen-bond acceptors (Lipinski definition) is 4. The van der Waals surface area contributed by atoms with Gasteiger partial charge in [-0.3, -0.25) is 4.79 Å². The molecular formula is C20H20O4. The summed E-state index contributed by atoms with van der Waals surface area (Å²) in [5, 5.41) is 19.3. The Hall–Kier alpha value is -2.49. The lowest BCUT2D eigenvalue weighted by molar-refractivity contribution is 0.0993. The summed E-state index contributed by atoms with van der Waals surface area (Å²) in [5.41, 5.74) is 2.46. The molecule has 4 nitrogen and oxygen atoms in total. The van der Waals surface area contributed by atoms with Crippen molar-refractivity contribution in [2.75, 3.05) is 0 Å². The van der Waals surface area contributed by atoms with Crippen LogP contribution in [0.4, 0.5) is 0 Å². The van der Waals surface area contributed by atoms with E-state index in [9.17, 15) is 15.0 Å². The molecule has 4 rings (SSSR count). The number of phenols is 2. The van der Waals surface area contributed by atoms with E-state index in [0.29, 0.717) is 23.0 Å². The molecule has 24 heavy (non-hydrogen) atoms. The van der Waals surface area contributed by atoms with Crippen molar-refractivity contribution in [1.29, 1.82) is 0 Å². The Labute approximate surface area is 140 Å². The number of hydrogen-bond donors (Lipinski definition) is 2. The summed E-state index contributed by atoms with van der Waals surface area (Å²) >= 11 is 0. The molecule has 4 heteroatoms. The van der Waals surface area contributed by atoms with Gasteiger partial charge in [-0.15, -0.1) is 0 Å². The van der Waals surface area contributed by atoms with Crippen molar-refractivity contribution in [3.8, 4) is 23.0 Å². The first-order valence-electron chi connectivity index (χ1n) is 8.51. The molecule has 0 unspecified atom stereocenters. The lowest BCUT2D eigenvalue weighted by Crippen LogP contribution is -2.06. The Morgan fingerprint density at radius 3 is 2.46 bits per heavy atom. The number of ether oxygens (including phenoxy) is 1. The van der Waals surface area contributed by atoms with E-state index in [0.717, 1.165) is 5.56 Å². The molecule has 0 atom stereocenters. The van der Waals surface area contributed by atoms with Crippen LogP contribution in [0.3, 0.4) is 0 Å². The fraction of sp³-hybridized carbons (Fsp3) is 0.350. The molecule has 0 bridgehead atoms. The Kier molecular flexibility index (Phi) is 3.68. The van der Waals surface area contributed by atoms with Crippen LogP contribution in [0.25, 0.3) is 0 Å². The van der Waals surface area contributed by atoms with Gasteiger partial charge in [0.2, 0.25) is 0 Å². The number of carbonyl (C=O) groups is 1. The first kappa shape index (κ1) is 15.1. The molecular weight excluding hydrogens is 304 g/mol. The quantitative estimate of drug-likeness (QED) is 0.748. The molecule has 2 aliphatic rings. The zero-order valence-corrected chi connectivity index (χ0v) is 13.4. The standard InChI is InChI=1S/C20H20O4/c21-16-9-14-8-13(12-4-2-1-3-5-12)6-7-19(14)24-20-11-18(23)17(22)10-15(16)20/h6-8,10-12,22-23H,1-5,9H2. The van der Waals surface area contributed by atoms with Crippen molar-refractivity contribution < 1.29 is 19.7 Å². The molecule has 1 fully saturated rings. The highest BCUT2D eigenvalue weighted by atomic mass is 16.5. The number of phenolic OH excluding ortho intramolecular Hbond substituents is 2. The second-order valence-electron chi connectivity index (χ2n) is 6.74. The van der Waals surface area contributed by atoms with Crippen LogP contribution in [0.5, 0.6) is 23.0 Å². The molecule has 2 N–H and O–H groups in total. The van der Waals surface area contributed by atoms with Crippen LogP contribution in [-0.2, 0) is 6.42 Å². The molecule has 0 saturated heterocycles. The normalized spacial score (nSPS) is 17.6. The van der Waals surface area contributed by atoms with E-state index in [1.54, 1.807) is 0 Å². The third kappa shape index (κ3) is 2.62. The lowest BCUT2D eigenvalue weighted by Gasteiger charge is -2.22. The number of ketones is 1. The zero-order chi connectivity index (χ0) is 16.7. The van der Waals surface area contributed by atoms with E-state index in [4.69, 9.17) is 4.74 Å². The van der Waals surface area contributed by atoms with Crippen LogP contribution in [0.2, 0.25) is 0 Å². The summed E-state index contributed by atoms with van der Waals surface area (Å²) in [7, 11) is 0. The number of carbonyl (C=O) groups excluding carboxylic acids is 1. The topological polar surface area (TPSA) is 66.8 Å². The highest BCUT2D eigenvalue weighted by Gasteiger charge is 2.25. The first-order valence-corrected chi connectivity index (χ1v) is 8.51. The predicted molar refractivity (Wildman–Crippen MR) is 90.1 cm³/mol. The molecule has 1 aliphatic carbocycles. The van der Waals surface area contributed by atoms with Gasteiger partial charge in [-0.1, -0.05) is 31.4 Å². The van der Waals surface area contributed by atoms with Crippen LogP contribution in [-0.4, -0.2) is 16.0 Å². The highest BCUT2D eigenvalue weighted by molar-refractivity contribution is 6.01. The van der Waals surface area contributed by atoms with Crippen LogP contribution >= 0.6 is 0 Å². The van der Waals surface area contributed by atoms with Crippen molar-refractivity contribution in [3.05, 3.63) is 47.0 Å². The number of Topliss-reactive ketones (excluding diaryl/α,β-unsaturated/α-hetero) is 1. The van der Waals surface area contributed by atoms with Gasteiger partial charge in [0.25, 0.3) is 0 Å². The third-order valence-electron chi connectivity index (χ3n) is 5.11. The van der Waals surface area contributed by atoms with Crippen LogP contribution in [0, 0.1) is 0 Å². The zero-order valence-electron chi connectivity index (χ0n) is 13.4. The minimum absolute atomic E-state index is 0.111. The van der Waals surface area contributed by atoms with Gasteiger partial charge < -0.3 is 14.9 Å². The largest absolute Gasteiger partial charge is 0.504 e. The predicted octanol–water partition coefficient (Wildman–Crippen LogP) is 4.68. The molecule has 2 aromatic carbocycles. The van der Waals surface area contributed by atoms with Gasteiger partial charge in [0.15, 0.2) is 17.3 Å². The van der Waals surface area contributed by atoms with Crippen molar-refractivity contribution >= 4 is 5.78 Å². The summed E-state index contributed by atoms with van der Waals surface area (Å²) in [4.78, 5) is 12.5. The van der Waals surface area contributed by atoms with Gasteiger partial charge >= 0.3 is 0 Å². The van der Waals surface area contributed by atoms with Gasteiger partial charge in [-0.25, -0.2) is 0 Å². The Morgan fingerprint density at radius 1 is 0.917 bits per heavy atom. The molecule has 0 radical (unpaired) electrons. The van der Waals surface area contributed by atoms with Gasteiger partial charge in [0.05, 0.1) is 5.56 Å². The molecule has 0 amide bonds. The molecule has 1 heterocycles. The Bertz CT molecular complexity index is 804. The fourth-order valence-electron chi connectivity index (χ4n) is 3.77. The molecule has 1 aliphatic heterocycles. The third-order valence-corrected chi connectivity index (χ3v) is 5.11. The maximum atomic E-state index is 12.5. The van der Waals surface area contributed by atoms with Crippen molar-refractivity contribution in [2.45, 2.75) is 44.4 Å². The molecule has 2 aromatic rings. The van der Waals surface area contributed by atoms with Gasteiger partial charge in [-0.05, 0) is 36.5 Å². The number of fused-ring (bicyclic) bond motifs is 2. The number of rotatable bonds is 1. The van der Waals surface area contributed by atoms with E-state index >= 15 is 0 Å². The van der Waals surface area contributed by atoms with E-state index in [1.165, 1.54) is 49.8 Å². The van der Waals surface area contributed by atoms with Crippen molar-refractivity contribution in [1.82, 2.24) is 0 Å². The summed E-state index contributed by atoms with van der Waals surface area (Å²) in [5.74, 6) is 0.798. The van der Waals surface area contributed by atoms with Crippen LogP contribution in [0.1, 0.15) is 59.5 Å². The molecule has 124 valence electrons. The maximum Gasteiger partial charge on any atom is 0.171 e. The fourth-order valence-corrected chi connectivity index (χ4v) is 3.77. The minimum atomic E-state index is -0.306. The summed E-state index contributed by atoms with van der Waals surface area (Å²) in [6, 6.07) is 8.68. The average Bonchev–Trinajstić information content (AvgIpc) is 2.72. The smallest absolute Gasteiger partial charge is 0.171 e. The van der Waals surface area contributed by atoms with Gasteiger partial charge in [-0.2, -0.15) is 0 Å². The second-order valence-corrected chi connectivity index (χ2v) is 6.74. The monoisotopic (exact) mass is 324 g/mol. The van der Waals surface area contributed by atoms with Gasteiger partial charge in [0, 0.05) is 18.1 Å². The average molecular weight is 324 g/mol. The summed E-state index contributed by atoms with van der Waals surface area (Å²) in [6.45, 7) is 0. The SMILES string of the molecule is O=C1Cc2cc(C3CCCCC3)ccc2Oc2cc(O)c(O)cc21. The number of aromatic hydroxyl groups is 2. The van der Waals surface area contributed by atoms with Crippen molar-refractivity contribution in [3.63, 3.8) is 0 Å². The minimum Gasteiger partial charge on any atom is -0.504 e. The van der Waals surface area contributed by atoms with E-state index in [-0.39, 0.29) is 23.7 Å². The molecule has 1 saturated carbocycles. The van der Waals surface area contributed by atoms with Crippen LogP contribution < -0.4 is 4.74 Å². The van der Waals surface area contributed by atoms with E-state index < -0.39 is 0 Å². The Morgan fingerprint density at radius 2 is 1.67 bits per heavy atom. The number of benzene rings is 2. The van der Waals surface area contributed by atoms with Crippen LogP contribution in [0.15, 0.2) is 30.3 Å². The molecule has 0 spiro atoms. The molecule has 0 aromatic heterocycles. The van der Waals surface area contributed by atoms with E-state index in [2.05, 4.69) is 12.1 Å². The lowest BCUT2D eigenvalue weighted by atomic mass is 9.83.